The van der Waals surface area contributed by atoms with E-state index in [1.165, 1.54) is 7.11 Å². The maximum Gasteiger partial charge on any atom is 0.322 e. The summed E-state index contributed by atoms with van der Waals surface area (Å²) in [5.41, 5.74) is 0. The lowest BCUT2D eigenvalue weighted by Gasteiger charge is -2.42. The Labute approximate surface area is 113 Å². The molecule has 1 aliphatic carbocycles. The smallest absolute Gasteiger partial charge is 0.322 e. The molecule has 0 aromatic carbocycles. The molecule has 0 aromatic rings. The number of esters is 1. The van der Waals surface area contributed by atoms with E-state index in [1.54, 1.807) is 21.3 Å². The minimum Gasteiger partial charge on any atom is -0.468 e. The van der Waals surface area contributed by atoms with Crippen LogP contribution in [-0.4, -0.2) is 64.8 Å². The molecule has 0 radical (unpaired) electrons. The molecule has 2 fully saturated rings. The summed E-state index contributed by atoms with van der Waals surface area (Å²) >= 11 is 0. The van der Waals surface area contributed by atoms with Crippen molar-refractivity contribution in [2.45, 2.75) is 43.2 Å². The van der Waals surface area contributed by atoms with Crippen LogP contribution in [0.4, 0.5) is 0 Å². The quantitative estimate of drug-likeness (QED) is 0.725. The zero-order valence-electron chi connectivity index (χ0n) is 11.9. The van der Waals surface area contributed by atoms with E-state index >= 15 is 0 Å². The molecular weight excluding hydrogens is 250 g/mol. The molecule has 0 bridgehead atoms. The van der Waals surface area contributed by atoms with Gasteiger partial charge in [-0.25, -0.2) is 0 Å². The zero-order valence-corrected chi connectivity index (χ0v) is 11.9. The van der Waals surface area contributed by atoms with Crippen LogP contribution in [0.25, 0.3) is 0 Å². The fourth-order valence-electron chi connectivity index (χ4n) is 3.46. The van der Waals surface area contributed by atoms with Gasteiger partial charge in [0, 0.05) is 33.3 Å². The van der Waals surface area contributed by atoms with Crippen LogP contribution in [0.5, 0.6) is 0 Å². The molecule has 2 aliphatic rings. The molecule has 0 spiro atoms. The maximum atomic E-state index is 11.7. The van der Waals surface area contributed by atoms with Crippen LogP contribution < -0.4 is 5.32 Å². The summed E-state index contributed by atoms with van der Waals surface area (Å²) in [6, 6.07) is -0.0591. The number of fused-ring (bicyclic) bond motifs is 1. The number of hydrogen-bond acceptors (Lipinski definition) is 6. The summed E-state index contributed by atoms with van der Waals surface area (Å²) in [5, 5.41) is 3.33. The van der Waals surface area contributed by atoms with Gasteiger partial charge in [0.05, 0.1) is 19.3 Å². The molecule has 110 valence electrons. The number of ether oxygens (including phenoxy) is 4. The van der Waals surface area contributed by atoms with Crippen LogP contribution in [0.2, 0.25) is 0 Å². The number of hydrogen-bond donors (Lipinski definition) is 1. The lowest BCUT2D eigenvalue weighted by atomic mass is 9.78. The fraction of sp³-hybridized carbons (Fsp3) is 0.923. The second-order valence-corrected chi connectivity index (χ2v) is 5.16. The first kappa shape index (κ1) is 14.7. The first-order valence-corrected chi connectivity index (χ1v) is 6.58. The van der Waals surface area contributed by atoms with Crippen molar-refractivity contribution in [3.63, 3.8) is 0 Å². The highest BCUT2D eigenvalue weighted by atomic mass is 16.6. The van der Waals surface area contributed by atoms with Crippen molar-refractivity contribution < 1.29 is 23.7 Å². The predicted molar refractivity (Wildman–Crippen MR) is 67.8 cm³/mol. The van der Waals surface area contributed by atoms with Gasteiger partial charge in [-0.2, -0.15) is 0 Å². The lowest BCUT2D eigenvalue weighted by molar-refractivity contribution is -0.151. The van der Waals surface area contributed by atoms with Crippen molar-refractivity contribution in [1.82, 2.24) is 5.32 Å². The van der Waals surface area contributed by atoms with Crippen LogP contribution in [0, 0.1) is 5.92 Å². The molecule has 6 heteroatoms. The van der Waals surface area contributed by atoms with Gasteiger partial charge in [-0.3, -0.25) is 4.79 Å². The van der Waals surface area contributed by atoms with Crippen LogP contribution in [0.15, 0.2) is 0 Å². The van der Waals surface area contributed by atoms with E-state index < -0.39 is 0 Å². The summed E-state index contributed by atoms with van der Waals surface area (Å²) < 4.78 is 21.4. The molecule has 19 heavy (non-hydrogen) atoms. The molecule has 0 amide bonds. The van der Waals surface area contributed by atoms with Crippen LogP contribution in [0.1, 0.15) is 12.8 Å². The fourth-order valence-corrected chi connectivity index (χ4v) is 3.46. The number of carbonyl (C=O) groups excluding carboxylic acids is 1. The third kappa shape index (κ3) is 2.63. The molecule has 0 aromatic heterocycles. The Kier molecular flexibility index (Phi) is 4.78. The molecule has 1 N–H and O–H groups in total. The third-order valence-corrected chi connectivity index (χ3v) is 4.37. The summed E-state index contributed by atoms with van der Waals surface area (Å²) in [5.74, 6) is 0.0256. The average molecular weight is 273 g/mol. The highest BCUT2D eigenvalue weighted by molar-refractivity contribution is 5.76. The van der Waals surface area contributed by atoms with E-state index in [-0.39, 0.29) is 42.3 Å². The summed E-state index contributed by atoms with van der Waals surface area (Å²) in [6.45, 7) is 0. The van der Waals surface area contributed by atoms with Crippen molar-refractivity contribution in [2.75, 3.05) is 28.4 Å². The highest BCUT2D eigenvalue weighted by Crippen LogP contribution is 2.37. The van der Waals surface area contributed by atoms with Crippen LogP contribution in [0.3, 0.4) is 0 Å². The molecule has 6 nitrogen and oxygen atoms in total. The Morgan fingerprint density at radius 3 is 2.21 bits per heavy atom. The number of methoxy groups -OCH3 is 4. The van der Waals surface area contributed by atoms with Gasteiger partial charge in [0.25, 0.3) is 0 Å². The Hall–Kier alpha value is -0.690. The van der Waals surface area contributed by atoms with Crippen molar-refractivity contribution in [2.24, 2.45) is 5.92 Å². The van der Waals surface area contributed by atoms with Crippen LogP contribution in [-0.2, 0) is 23.7 Å². The van der Waals surface area contributed by atoms with Crippen molar-refractivity contribution >= 4 is 5.97 Å². The molecule has 1 saturated carbocycles. The number of carbonyl (C=O) groups is 1. The minimum absolute atomic E-state index is 0.0277. The number of rotatable bonds is 4. The van der Waals surface area contributed by atoms with Gasteiger partial charge in [0.15, 0.2) is 0 Å². The lowest BCUT2D eigenvalue weighted by Crippen LogP contribution is -2.55. The van der Waals surface area contributed by atoms with E-state index in [1.807, 2.05) is 0 Å². The molecule has 6 atom stereocenters. The normalized spacial score (nSPS) is 41.9. The highest BCUT2D eigenvalue weighted by Gasteiger charge is 2.51. The summed E-state index contributed by atoms with van der Waals surface area (Å²) in [6.07, 6.45) is 1.32. The molecular formula is C13H23NO5. The SMILES string of the molecule is COC(=O)C1CC2C(CC(OC)C(OC)C2OC)N1. The van der Waals surface area contributed by atoms with E-state index in [2.05, 4.69) is 5.32 Å². The minimum atomic E-state index is -0.259. The van der Waals surface area contributed by atoms with Gasteiger partial charge in [-0.1, -0.05) is 0 Å². The third-order valence-electron chi connectivity index (χ3n) is 4.37. The van der Waals surface area contributed by atoms with Gasteiger partial charge in [-0.15, -0.1) is 0 Å². The first-order valence-electron chi connectivity index (χ1n) is 6.58. The maximum absolute atomic E-state index is 11.7. The van der Waals surface area contributed by atoms with Gasteiger partial charge >= 0.3 is 5.97 Å². The van der Waals surface area contributed by atoms with Gasteiger partial charge in [-0.05, 0) is 12.8 Å². The largest absolute Gasteiger partial charge is 0.468 e. The molecule has 1 aliphatic heterocycles. The van der Waals surface area contributed by atoms with Crippen molar-refractivity contribution in [3.05, 3.63) is 0 Å². The summed E-state index contributed by atoms with van der Waals surface area (Å²) in [4.78, 5) is 11.7. The van der Waals surface area contributed by atoms with Gasteiger partial charge in [0.1, 0.15) is 12.1 Å². The Morgan fingerprint density at radius 1 is 1.00 bits per heavy atom. The molecule has 6 unspecified atom stereocenters. The number of nitrogens with one attached hydrogen (secondary N) is 1. The van der Waals surface area contributed by atoms with Crippen molar-refractivity contribution in [3.8, 4) is 0 Å². The topological polar surface area (TPSA) is 66.0 Å². The van der Waals surface area contributed by atoms with E-state index in [0.29, 0.717) is 6.42 Å². The van der Waals surface area contributed by atoms with E-state index in [9.17, 15) is 4.79 Å². The second-order valence-electron chi connectivity index (χ2n) is 5.16. The molecule has 2 rings (SSSR count). The average Bonchev–Trinajstić information content (AvgIpc) is 2.87. The van der Waals surface area contributed by atoms with Crippen molar-refractivity contribution in [1.29, 1.82) is 0 Å². The van der Waals surface area contributed by atoms with E-state index in [0.717, 1.165) is 6.42 Å². The van der Waals surface area contributed by atoms with Gasteiger partial charge < -0.3 is 24.3 Å². The summed E-state index contributed by atoms with van der Waals surface area (Å²) in [7, 11) is 6.44. The first-order chi connectivity index (χ1) is 9.15. The monoisotopic (exact) mass is 273 g/mol. The standard InChI is InChI=1S/C13H23NO5/c1-16-10-6-8-7(11(17-2)12(10)18-3)5-9(14-8)13(15)19-4/h7-12,14H,5-6H2,1-4H3. The van der Waals surface area contributed by atoms with Gasteiger partial charge in [0.2, 0.25) is 0 Å². The Bertz CT molecular complexity index is 324. The Balaban J connectivity index is 2.14. The molecule has 1 heterocycles. The van der Waals surface area contributed by atoms with Crippen LogP contribution >= 0.6 is 0 Å². The second kappa shape index (κ2) is 6.17. The molecule has 1 saturated heterocycles. The zero-order chi connectivity index (χ0) is 14.0. The van der Waals surface area contributed by atoms with E-state index in [4.69, 9.17) is 18.9 Å². The Morgan fingerprint density at radius 2 is 1.68 bits per heavy atom. The predicted octanol–water partition coefficient (Wildman–Crippen LogP) is -0.0452.